The fourth-order valence-corrected chi connectivity index (χ4v) is 1.93. The van der Waals surface area contributed by atoms with Crippen LogP contribution in [-0.2, 0) is 4.74 Å². The average molecular weight is 368 g/mol. The zero-order valence-electron chi connectivity index (χ0n) is 10.0. The molecule has 0 atom stereocenters. The van der Waals surface area contributed by atoms with Gasteiger partial charge in [0, 0.05) is 16.2 Å². The third-order valence-electron chi connectivity index (χ3n) is 2.14. The van der Waals surface area contributed by atoms with Gasteiger partial charge in [0.05, 0.1) is 17.2 Å². The fourth-order valence-electron chi connectivity index (χ4n) is 1.41. The van der Waals surface area contributed by atoms with Crippen molar-refractivity contribution in [3.63, 3.8) is 0 Å². The van der Waals surface area contributed by atoms with Crippen molar-refractivity contribution in [3.8, 4) is 0 Å². The van der Waals surface area contributed by atoms with Crippen molar-refractivity contribution in [2.75, 3.05) is 13.7 Å². The van der Waals surface area contributed by atoms with Gasteiger partial charge in [-0.2, -0.15) is 0 Å². The average Bonchev–Trinajstić information content (AvgIpc) is 2.21. The Hall–Kier alpha value is -0.330. The van der Waals surface area contributed by atoms with E-state index in [0.717, 1.165) is 3.57 Å². The molecule has 0 aliphatic heterocycles. The second-order valence-electron chi connectivity index (χ2n) is 4.40. The summed E-state index contributed by atoms with van der Waals surface area (Å²) in [6.45, 7) is 4.27. The SMILES string of the molecule is COCC(C)(C)NC(=O)c1ccc(I)c(Cl)c1. The van der Waals surface area contributed by atoms with Crippen LogP contribution in [0.15, 0.2) is 18.2 Å². The second-order valence-corrected chi connectivity index (χ2v) is 5.97. The first-order valence-corrected chi connectivity index (χ1v) is 6.58. The van der Waals surface area contributed by atoms with Crippen molar-refractivity contribution in [2.45, 2.75) is 19.4 Å². The number of amides is 1. The van der Waals surface area contributed by atoms with Crippen LogP contribution in [0.1, 0.15) is 24.2 Å². The zero-order chi connectivity index (χ0) is 13.1. The molecule has 1 N–H and O–H groups in total. The van der Waals surface area contributed by atoms with E-state index in [1.54, 1.807) is 19.2 Å². The number of methoxy groups -OCH3 is 1. The van der Waals surface area contributed by atoms with Gasteiger partial charge in [0.1, 0.15) is 0 Å². The molecule has 5 heteroatoms. The summed E-state index contributed by atoms with van der Waals surface area (Å²) < 4.78 is 5.97. The first-order chi connectivity index (χ1) is 7.85. The van der Waals surface area contributed by atoms with Crippen molar-refractivity contribution < 1.29 is 9.53 Å². The van der Waals surface area contributed by atoms with Gasteiger partial charge < -0.3 is 10.1 Å². The molecule has 1 rings (SSSR count). The van der Waals surface area contributed by atoms with E-state index in [9.17, 15) is 4.79 Å². The monoisotopic (exact) mass is 367 g/mol. The molecular weight excluding hydrogens is 352 g/mol. The molecule has 0 aliphatic carbocycles. The number of benzene rings is 1. The smallest absolute Gasteiger partial charge is 0.251 e. The molecule has 1 amide bonds. The molecule has 1 aromatic carbocycles. The van der Waals surface area contributed by atoms with E-state index in [2.05, 4.69) is 27.9 Å². The first kappa shape index (κ1) is 14.7. The molecule has 17 heavy (non-hydrogen) atoms. The van der Waals surface area contributed by atoms with Crippen LogP contribution in [0.3, 0.4) is 0 Å². The van der Waals surface area contributed by atoms with Crippen LogP contribution in [0.5, 0.6) is 0 Å². The topological polar surface area (TPSA) is 38.3 Å². The third-order valence-corrected chi connectivity index (χ3v) is 3.71. The molecule has 94 valence electrons. The number of nitrogens with one attached hydrogen (secondary N) is 1. The Morgan fingerprint density at radius 2 is 2.18 bits per heavy atom. The minimum atomic E-state index is -0.401. The van der Waals surface area contributed by atoms with Crippen molar-refractivity contribution in [1.29, 1.82) is 0 Å². The molecule has 0 heterocycles. The Bertz CT molecular complexity index is 421. The molecule has 0 spiro atoms. The molecule has 0 fully saturated rings. The van der Waals surface area contributed by atoms with Gasteiger partial charge in [0.25, 0.3) is 5.91 Å². The fraction of sp³-hybridized carbons (Fsp3) is 0.417. The summed E-state index contributed by atoms with van der Waals surface area (Å²) in [5.74, 6) is -0.148. The predicted octanol–water partition coefficient (Wildman–Crippen LogP) is 3.10. The van der Waals surface area contributed by atoms with E-state index < -0.39 is 5.54 Å². The van der Waals surface area contributed by atoms with E-state index in [1.165, 1.54) is 0 Å². The molecule has 0 unspecified atom stereocenters. The van der Waals surface area contributed by atoms with Gasteiger partial charge in [-0.15, -0.1) is 0 Å². The van der Waals surface area contributed by atoms with E-state index >= 15 is 0 Å². The molecule has 0 aliphatic rings. The highest BCUT2D eigenvalue weighted by molar-refractivity contribution is 14.1. The lowest BCUT2D eigenvalue weighted by atomic mass is 10.1. The standard InChI is InChI=1S/C12H15ClINO2/c1-12(2,7-17-3)15-11(16)8-4-5-10(14)9(13)6-8/h4-6H,7H2,1-3H3,(H,15,16). The van der Waals surface area contributed by atoms with Crippen LogP contribution >= 0.6 is 34.2 Å². The largest absolute Gasteiger partial charge is 0.382 e. The zero-order valence-corrected chi connectivity index (χ0v) is 12.9. The number of hydrogen-bond donors (Lipinski definition) is 1. The van der Waals surface area contributed by atoms with Crippen molar-refractivity contribution in [2.24, 2.45) is 0 Å². The van der Waals surface area contributed by atoms with Gasteiger partial charge in [-0.3, -0.25) is 4.79 Å². The first-order valence-electron chi connectivity index (χ1n) is 5.12. The Balaban J connectivity index is 2.80. The van der Waals surface area contributed by atoms with Gasteiger partial charge in [-0.05, 0) is 54.6 Å². The minimum Gasteiger partial charge on any atom is -0.382 e. The van der Waals surface area contributed by atoms with E-state index in [4.69, 9.17) is 16.3 Å². The summed E-state index contributed by atoms with van der Waals surface area (Å²) in [6, 6.07) is 5.24. The summed E-state index contributed by atoms with van der Waals surface area (Å²) >= 11 is 8.10. The maximum absolute atomic E-state index is 12.0. The van der Waals surface area contributed by atoms with Crippen molar-refractivity contribution in [3.05, 3.63) is 32.4 Å². The van der Waals surface area contributed by atoms with Gasteiger partial charge in [-0.25, -0.2) is 0 Å². The minimum absolute atomic E-state index is 0.148. The maximum atomic E-state index is 12.0. The number of carbonyl (C=O) groups excluding carboxylic acids is 1. The van der Waals surface area contributed by atoms with Crippen molar-refractivity contribution in [1.82, 2.24) is 5.32 Å². The van der Waals surface area contributed by atoms with Gasteiger partial charge in [0.2, 0.25) is 0 Å². The van der Waals surface area contributed by atoms with E-state index in [0.29, 0.717) is 17.2 Å². The number of hydrogen-bond acceptors (Lipinski definition) is 2. The van der Waals surface area contributed by atoms with Gasteiger partial charge in [0.15, 0.2) is 0 Å². The van der Waals surface area contributed by atoms with Crippen molar-refractivity contribution >= 4 is 40.1 Å². The Labute approximate surface area is 120 Å². The number of ether oxygens (including phenoxy) is 1. The second kappa shape index (κ2) is 6.02. The highest BCUT2D eigenvalue weighted by Crippen LogP contribution is 2.19. The van der Waals surface area contributed by atoms with Crippen LogP contribution in [0.2, 0.25) is 5.02 Å². The Kier molecular flexibility index (Phi) is 5.22. The van der Waals surface area contributed by atoms with Crippen LogP contribution in [0, 0.1) is 3.57 Å². The highest BCUT2D eigenvalue weighted by Gasteiger charge is 2.21. The number of carbonyl (C=O) groups is 1. The molecule has 0 bridgehead atoms. The maximum Gasteiger partial charge on any atom is 0.251 e. The summed E-state index contributed by atoms with van der Waals surface area (Å²) in [5.41, 5.74) is 0.154. The summed E-state index contributed by atoms with van der Waals surface area (Å²) in [6.07, 6.45) is 0. The molecular formula is C12H15ClINO2. The predicted molar refractivity (Wildman–Crippen MR) is 77.6 cm³/mol. The highest BCUT2D eigenvalue weighted by atomic mass is 127. The number of rotatable bonds is 4. The number of halogens is 2. The molecule has 0 radical (unpaired) electrons. The lowest BCUT2D eigenvalue weighted by molar-refractivity contribution is 0.0820. The van der Waals surface area contributed by atoms with Crippen LogP contribution in [0.4, 0.5) is 0 Å². The normalized spacial score (nSPS) is 11.4. The molecule has 3 nitrogen and oxygen atoms in total. The lowest BCUT2D eigenvalue weighted by Gasteiger charge is -2.25. The third kappa shape index (κ3) is 4.44. The van der Waals surface area contributed by atoms with Crippen LogP contribution < -0.4 is 5.32 Å². The summed E-state index contributed by atoms with van der Waals surface area (Å²) in [4.78, 5) is 12.0. The Morgan fingerprint density at radius 3 is 2.71 bits per heavy atom. The van der Waals surface area contributed by atoms with Gasteiger partial charge in [-0.1, -0.05) is 11.6 Å². The molecule has 0 aromatic heterocycles. The summed E-state index contributed by atoms with van der Waals surface area (Å²) in [5, 5.41) is 3.48. The van der Waals surface area contributed by atoms with Gasteiger partial charge >= 0.3 is 0 Å². The quantitative estimate of drug-likeness (QED) is 0.831. The summed E-state index contributed by atoms with van der Waals surface area (Å²) in [7, 11) is 1.61. The van der Waals surface area contributed by atoms with Crippen LogP contribution in [0.25, 0.3) is 0 Å². The molecule has 0 saturated carbocycles. The van der Waals surface area contributed by atoms with E-state index in [-0.39, 0.29) is 5.91 Å². The van der Waals surface area contributed by atoms with Crippen LogP contribution in [-0.4, -0.2) is 25.2 Å². The molecule has 1 aromatic rings. The lowest BCUT2D eigenvalue weighted by Crippen LogP contribution is -2.46. The Morgan fingerprint density at radius 1 is 1.53 bits per heavy atom. The molecule has 0 saturated heterocycles. The van der Waals surface area contributed by atoms with E-state index in [1.807, 2.05) is 19.9 Å².